The zero-order chi connectivity index (χ0) is 20.7. The Labute approximate surface area is 174 Å². The quantitative estimate of drug-likeness (QED) is 0.746. The normalized spacial score (nSPS) is 16.0. The summed E-state index contributed by atoms with van der Waals surface area (Å²) in [7, 11) is 0. The van der Waals surface area contributed by atoms with Crippen molar-refractivity contribution in [3.05, 3.63) is 59.8 Å². The second-order valence-corrected chi connectivity index (χ2v) is 8.96. The molecule has 5 heteroatoms. The third kappa shape index (κ3) is 6.21. The van der Waals surface area contributed by atoms with Crippen LogP contribution in [0.15, 0.2) is 48.7 Å². The SMILES string of the molecule is CC(C)(C)C(NC(=O)NCc1ccc(N2CCCCCC2)nc1)c1ccccc1. The third-order valence-corrected chi connectivity index (χ3v) is 5.47. The molecule has 1 aliphatic heterocycles. The van der Waals surface area contributed by atoms with Crippen molar-refractivity contribution in [1.29, 1.82) is 0 Å². The van der Waals surface area contributed by atoms with Crippen LogP contribution in [0.3, 0.4) is 0 Å². The Morgan fingerprint density at radius 2 is 1.72 bits per heavy atom. The van der Waals surface area contributed by atoms with E-state index in [0.29, 0.717) is 6.54 Å². The van der Waals surface area contributed by atoms with Gasteiger partial charge in [-0.3, -0.25) is 0 Å². The van der Waals surface area contributed by atoms with Gasteiger partial charge < -0.3 is 15.5 Å². The first-order chi connectivity index (χ1) is 13.9. The molecule has 0 aliphatic carbocycles. The van der Waals surface area contributed by atoms with Crippen LogP contribution in [0.4, 0.5) is 10.6 Å². The van der Waals surface area contributed by atoms with E-state index in [-0.39, 0.29) is 17.5 Å². The van der Waals surface area contributed by atoms with Gasteiger partial charge in [0.1, 0.15) is 5.82 Å². The number of anilines is 1. The van der Waals surface area contributed by atoms with Gasteiger partial charge in [0.15, 0.2) is 0 Å². The van der Waals surface area contributed by atoms with Crippen LogP contribution < -0.4 is 15.5 Å². The summed E-state index contributed by atoms with van der Waals surface area (Å²) >= 11 is 0. The van der Waals surface area contributed by atoms with Crippen LogP contribution in [0.25, 0.3) is 0 Å². The van der Waals surface area contributed by atoms with Gasteiger partial charge in [0.05, 0.1) is 6.04 Å². The average Bonchev–Trinajstić information content (AvgIpc) is 3.00. The molecular formula is C24H34N4O. The Balaban J connectivity index is 1.55. The first kappa shape index (κ1) is 21.2. The lowest BCUT2D eigenvalue weighted by atomic mass is 9.82. The number of pyridine rings is 1. The molecule has 0 saturated carbocycles. The number of hydrogen-bond acceptors (Lipinski definition) is 3. The maximum absolute atomic E-state index is 12.5. The Bertz CT molecular complexity index is 760. The highest BCUT2D eigenvalue weighted by Crippen LogP contribution is 2.32. The highest BCUT2D eigenvalue weighted by Gasteiger charge is 2.27. The molecule has 2 N–H and O–H groups in total. The maximum atomic E-state index is 12.5. The van der Waals surface area contributed by atoms with Gasteiger partial charge in [-0.15, -0.1) is 0 Å². The lowest BCUT2D eigenvalue weighted by molar-refractivity contribution is 0.218. The Morgan fingerprint density at radius 3 is 2.31 bits per heavy atom. The molecule has 1 atom stereocenters. The summed E-state index contributed by atoms with van der Waals surface area (Å²) in [5, 5.41) is 6.11. The van der Waals surface area contributed by atoms with E-state index in [1.807, 2.05) is 24.4 Å². The van der Waals surface area contributed by atoms with E-state index in [1.165, 1.54) is 25.7 Å². The molecule has 1 saturated heterocycles. The molecule has 1 unspecified atom stereocenters. The molecule has 1 aromatic heterocycles. The molecule has 0 spiro atoms. The Morgan fingerprint density at radius 1 is 1.03 bits per heavy atom. The molecule has 5 nitrogen and oxygen atoms in total. The van der Waals surface area contributed by atoms with Crippen LogP contribution in [-0.2, 0) is 6.54 Å². The van der Waals surface area contributed by atoms with Crippen molar-refractivity contribution in [3.8, 4) is 0 Å². The smallest absolute Gasteiger partial charge is 0.315 e. The topological polar surface area (TPSA) is 57.3 Å². The van der Waals surface area contributed by atoms with E-state index in [1.54, 1.807) is 0 Å². The van der Waals surface area contributed by atoms with Crippen molar-refractivity contribution in [2.45, 2.75) is 59.0 Å². The molecule has 156 valence electrons. The molecular weight excluding hydrogens is 360 g/mol. The van der Waals surface area contributed by atoms with Crippen molar-refractivity contribution in [3.63, 3.8) is 0 Å². The standard InChI is InChI=1S/C24H34N4O/c1-24(2,3)22(20-11-7-6-8-12-20)27-23(29)26-18-19-13-14-21(25-17-19)28-15-9-4-5-10-16-28/h6-8,11-14,17,22H,4-5,9-10,15-16,18H2,1-3H3,(H2,26,27,29). The van der Waals surface area contributed by atoms with Crippen LogP contribution in [-0.4, -0.2) is 24.1 Å². The number of nitrogens with zero attached hydrogens (tertiary/aromatic N) is 2. The number of amides is 2. The zero-order valence-corrected chi connectivity index (χ0v) is 17.9. The lowest BCUT2D eigenvalue weighted by Gasteiger charge is -2.32. The Kier molecular flexibility index (Phi) is 7.13. The predicted molar refractivity (Wildman–Crippen MR) is 119 cm³/mol. The van der Waals surface area contributed by atoms with E-state index in [4.69, 9.17) is 0 Å². The first-order valence-corrected chi connectivity index (χ1v) is 10.7. The summed E-state index contributed by atoms with van der Waals surface area (Å²) in [6.07, 6.45) is 6.97. The van der Waals surface area contributed by atoms with Gasteiger partial charge in [-0.2, -0.15) is 0 Å². The summed E-state index contributed by atoms with van der Waals surface area (Å²) < 4.78 is 0. The van der Waals surface area contributed by atoms with E-state index in [0.717, 1.165) is 30.0 Å². The van der Waals surface area contributed by atoms with Gasteiger partial charge in [0.2, 0.25) is 0 Å². The maximum Gasteiger partial charge on any atom is 0.315 e. The number of nitrogens with one attached hydrogen (secondary N) is 2. The second-order valence-electron chi connectivity index (χ2n) is 8.96. The number of hydrogen-bond donors (Lipinski definition) is 2. The minimum absolute atomic E-state index is 0.0627. The molecule has 0 bridgehead atoms. The fourth-order valence-corrected chi connectivity index (χ4v) is 3.82. The highest BCUT2D eigenvalue weighted by atomic mass is 16.2. The van der Waals surface area contributed by atoms with Crippen LogP contribution in [0.5, 0.6) is 0 Å². The van der Waals surface area contributed by atoms with Crippen molar-refractivity contribution in [2.24, 2.45) is 5.41 Å². The van der Waals surface area contributed by atoms with Gasteiger partial charge >= 0.3 is 6.03 Å². The fraction of sp³-hybridized carbons (Fsp3) is 0.500. The number of urea groups is 1. The van der Waals surface area contributed by atoms with Gasteiger partial charge in [-0.05, 0) is 35.4 Å². The molecule has 29 heavy (non-hydrogen) atoms. The number of carbonyl (C=O) groups is 1. The van der Waals surface area contributed by atoms with E-state index >= 15 is 0 Å². The van der Waals surface area contributed by atoms with Gasteiger partial charge in [0.25, 0.3) is 0 Å². The molecule has 2 heterocycles. The van der Waals surface area contributed by atoms with E-state index in [9.17, 15) is 4.79 Å². The van der Waals surface area contributed by atoms with Crippen LogP contribution in [0, 0.1) is 5.41 Å². The second kappa shape index (κ2) is 9.77. The minimum Gasteiger partial charge on any atom is -0.357 e. The van der Waals surface area contributed by atoms with Crippen molar-refractivity contribution >= 4 is 11.8 Å². The first-order valence-electron chi connectivity index (χ1n) is 10.7. The van der Waals surface area contributed by atoms with Crippen molar-refractivity contribution in [1.82, 2.24) is 15.6 Å². The molecule has 1 fully saturated rings. The summed E-state index contributed by atoms with van der Waals surface area (Å²) in [5.74, 6) is 1.04. The molecule has 2 amide bonds. The zero-order valence-electron chi connectivity index (χ0n) is 17.9. The molecule has 0 radical (unpaired) electrons. The van der Waals surface area contributed by atoms with Gasteiger partial charge in [-0.25, -0.2) is 9.78 Å². The van der Waals surface area contributed by atoms with E-state index < -0.39 is 0 Å². The minimum atomic E-state index is -0.162. The van der Waals surface area contributed by atoms with Crippen LogP contribution in [0.2, 0.25) is 0 Å². The Hall–Kier alpha value is -2.56. The summed E-state index contributed by atoms with van der Waals surface area (Å²) in [4.78, 5) is 19.5. The van der Waals surface area contributed by atoms with Gasteiger partial charge in [0, 0.05) is 25.8 Å². The third-order valence-electron chi connectivity index (χ3n) is 5.47. The van der Waals surface area contributed by atoms with Gasteiger partial charge in [-0.1, -0.05) is 70.0 Å². The number of rotatable bonds is 5. The molecule has 2 aromatic rings. The summed E-state index contributed by atoms with van der Waals surface area (Å²) in [6.45, 7) is 9.04. The number of benzene rings is 1. The molecule has 3 rings (SSSR count). The summed E-state index contributed by atoms with van der Waals surface area (Å²) in [6, 6.07) is 14.0. The number of aromatic nitrogens is 1. The largest absolute Gasteiger partial charge is 0.357 e. The highest BCUT2D eigenvalue weighted by molar-refractivity contribution is 5.74. The summed E-state index contributed by atoms with van der Waals surface area (Å²) in [5.41, 5.74) is 2.03. The average molecular weight is 395 g/mol. The van der Waals surface area contributed by atoms with Crippen molar-refractivity contribution in [2.75, 3.05) is 18.0 Å². The van der Waals surface area contributed by atoms with Crippen molar-refractivity contribution < 1.29 is 4.79 Å². The lowest BCUT2D eigenvalue weighted by Crippen LogP contribution is -2.42. The monoisotopic (exact) mass is 394 g/mol. The molecule has 1 aliphatic rings. The van der Waals surface area contributed by atoms with E-state index in [2.05, 4.69) is 65.6 Å². The van der Waals surface area contributed by atoms with Crippen LogP contribution >= 0.6 is 0 Å². The molecule has 1 aromatic carbocycles. The fourth-order valence-electron chi connectivity index (χ4n) is 3.82. The number of carbonyl (C=O) groups excluding carboxylic acids is 1. The van der Waals surface area contributed by atoms with Crippen LogP contribution in [0.1, 0.15) is 63.6 Å². The predicted octanol–water partition coefficient (Wildman–Crippen LogP) is 5.05.